The lowest BCUT2D eigenvalue weighted by atomic mass is 10.1. The van der Waals surface area contributed by atoms with Crippen molar-refractivity contribution in [3.63, 3.8) is 0 Å². The molecule has 0 aromatic rings. The normalized spacial score (nSPS) is 10.8. The molecular formula is C9H18O2. The van der Waals surface area contributed by atoms with E-state index in [2.05, 4.69) is 6.58 Å². The Morgan fingerprint density at radius 2 is 2.09 bits per heavy atom. The van der Waals surface area contributed by atoms with Gasteiger partial charge in [-0.3, -0.25) is 4.79 Å². The van der Waals surface area contributed by atoms with Gasteiger partial charge in [-0.1, -0.05) is 26.3 Å². The molecule has 66 valence electrons. The first kappa shape index (κ1) is 12.8. The molecule has 2 nitrogen and oxygen atoms in total. The van der Waals surface area contributed by atoms with E-state index in [1.807, 2.05) is 13.8 Å². The number of rotatable bonds is 3. The zero-order valence-electron chi connectivity index (χ0n) is 7.63. The fraction of sp³-hybridized carbons (Fsp3) is 0.667. The van der Waals surface area contributed by atoms with Crippen molar-refractivity contribution >= 4 is 5.97 Å². The van der Waals surface area contributed by atoms with Crippen LogP contribution < -0.4 is 0 Å². The van der Waals surface area contributed by atoms with Gasteiger partial charge in [-0.05, 0) is 13.3 Å². The second-order valence-corrected chi connectivity index (χ2v) is 2.44. The largest absolute Gasteiger partial charge is 0.481 e. The number of carboxylic acids is 1. The first-order chi connectivity index (χ1) is 5.09. The van der Waals surface area contributed by atoms with E-state index < -0.39 is 5.97 Å². The molecule has 0 amide bonds. The van der Waals surface area contributed by atoms with Gasteiger partial charge >= 0.3 is 5.97 Å². The topological polar surface area (TPSA) is 37.3 Å². The first-order valence-electron chi connectivity index (χ1n) is 3.89. The Labute approximate surface area is 68.9 Å². The van der Waals surface area contributed by atoms with E-state index >= 15 is 0 Å². The van der Waals surface area contributed by atoms with Crippen LogP contribution in [-0.2, 0) is 4.79 Å². The summed E-state index contributed by atoms with van der Waals surface area (Å²) >= 11 is 0. The number of hydrogen-bond acceptors (Lipinski definition) is 1. The highest BCUT2D eigenvalue weighted by Crippen LogP contribution is 2.03. The molecule has 0 saturated heterocycles. The highest BCUT2D eigenvalue weighted by Gasteiger charge is 2.07. The van der Waals surface area contributed by atoms with Crippen LogP contribution in [0, 0.1) is 5.92 Å². The summed E-state index contributed by atoms with van der Waals surface area (Å²) in [6, 6.07) is 0. The van der Waals surface area contributed by atoms with Crippen molar-refractivity contribution in [2.24, 2.45) is 5.92 Å². The average molecular weight is 158 g/mol. The summed E-state index contributed by atoms with van der Waals surface area (Å²) < 4.78 is 0. The minimum absolute atomic E-state index is 0.167. The smallest absolute Gasteiger partial charge is 0.306 e. The third-order valence-electron chi connectivity index (χ3n) is 1.14. The van der Waals surface area contributed by atoms with Crippen LogP contribution in [0.3, 0.4) is 0 Å². The second-order valence-electron chi connectivity index (χ2n) is 2.44. The third kappa shape index (κ3) is 12.4. The molecular weight excluding hydrogens is 140 g/mol. The maximum absolute atomic E-state index is 10.1. The molecule has 0 aliphatic carbocycles. The molecule has 0 fully saturated rings. The summed E-state index contributed by atoms with van der Waals surface area (Å²) in [5.41, 5.74) is 0. The Kier molecular flexibility index (Phi) is 10.8. The van der Waals surface area contributed by atoms with Crippen molar-refractivity contribution in [1.82, 2.24) is 0 Å². The van der Waals surface area contributed by atoms with Gasteiger partial charge in [0, 0.05) is 0 Å². The summed E-state index contributed by atoms with van der Waals surface area (Å²) in [4.78, 5) is 10.1. The zero-order chi connectivity index (χ0) is 9.28. The lowest BCUT2D eigenvalue weighted by molar-refractivity contribution is -0.141. The lowest BCUT2D eigenvalue weighted by Gasteiger charge is -2.00. The van der Waals surface area contributed by atoms with Gasteiger partial charge in [0.1, 0.15) is 0 Å². The fourth-order valence-corrected chi connectivity index (χ4v) is 0.556. The molecule has 0 aromatic heterocycles. The van der Waals surface area contributed by atoms with Gasteiger partial charge in [0.15, 0.2) is 0 Å². The molecule has 0 heterocycles. The Bertz CT molecular complexity index is 108. The zero-order valence-corrected chi connectivity index (χ0v) is 7.63. The van der Waals surface area contributed by atoms with Crippen molar-refractivity contribution in [2.75, 3.05) is 0 Å². The van der Waals surface area contributed by atoms with Crippen molar-refractivity contribution < 1.29 is 9.90 Å². The van der Waals surface area contributed by atoms with E-state index in [-0.39, 0.29) is 5.92 Å². The van der Waals surface area contributed by atoms with Crippen LogP contribution in [0.2, 0.25) is 0 Å². The van der Waals surface area contributed by atoms with Crippen LogP contribution in [0.4, 0.5) is 0 Å². The second kappa shape index (κ2) is 9.21. The van der Waals surface area contributed by atoms with Crippen LogP contribution in [-0.4, -0.2) is 11.1 Å². The number of aliphatic carboxylic acids is 1. The molecule has 0 rings (SSSR count). The molecule has 0 bridgehead atoms. The van der Waals surface area contributed by atoms with Gasteiger partial charge < -0.3 is 5.11 Å². The maximum Gasteiger partial charge on any atom is 0.306 e. The molecule has 2 heteroatoms. The molecule has 1 atom stereocenters. The van der Waals surface area contributed by atoms with Gasteiger partial charge in [-0.25, -0.2) is 0 Å². The molecule has 0 spiro atoms. The highest BCUT2D eigenvalue weighted by atomic mass is 16.4. The summed E-state index contributed by atoms with van der Waals surface area (Å²) in [6.07, 6.45) is 3.49. The van der Waals surface area contributed by atoms with Crippen LogP contribution in [0.5, 0.6) is 0 Å². The molecule has 11 heavy (non-hydrogen) atoms. The van der Waals surface area contributed by atoms with Gasteiger partial charge in [-0.15, -0.1) is 6.58 Å². The third-order valence-corrected chi connectivity index (χ3v) is 1.14. The van der Waals surface area contributed by atoms with Gasteiger partial charge in [0.05, 0.1) is 5.92 Å². The summed E-state index contributed by atoms with van der Waals surface area (Å²) in [5, 5.41) is 8.31. The molecule has 0 aromatic carbocycles. The van der Waals surface area contributed by atoms with E-state index in [1.54, 1.807) is 13.0 Å². The summed E-state index contributed by atoms with van der Waals surface area (Å²) in [6.45, 7) is 8.96. The summed E-state index contributed by atoms with van der Waals surface area (Å²) in [7, 11) is 0. The molecule has 0 aliphatic rings. The maximum atomic E-state index is 10.1. The van der Waals surface area contributed by atoms with Gasteiger partial charge in [0.25, 0.3) is 0 Å². The van der Waals surface area contributed by atoms with Crippen molar-refractivity contribution in [3.05, 3.63) is 12.7 Å². The van der Waals surface area contributed by atoms with E-state index in [1.165, 1.54) is 0 Å². The summed E-state index contributed by atoms with van der Waals surface area (Å²) in [5.74, 6) is -0.855. The van der Waals surface area contributed by atoms with Crippen molar-refractivity contribution in [1.29, 1.82) is 0 Å². The van der Waals surface area contributed by atoms with Crippen LogP contribution in [0.15, 0.2) is 12.7 Å². The molecule has 1 N–H and O–H groups in total. The Morgan fingerprint density at radius 1 is 1.73 bits per heavy atom. The predicted molar refractivity (Wildman–Crippen MR) is 47.6 cm³/mol. The SMILES string of the molecule is C=CC.CCCC(C)C(=O)O. The quantitative estimate of drug-likeness (QED) is 0.641. The van der Waals surface area contributed by atoms with Gasteiger partial charge in [-0.2, -0.15) is 0 Å². The lowest BCUT2D eigenvalue weighted by Crippen LogP contribution is -2.08. The van der Waals surface area contributed by atoms with E-state index in [4.69, 9.17) is 5.11 Å². The monoisotopic (exact) mass is 158 g/mol. The fourth-order valence-electron chi connectivity index (χ4n) is 0.556. The molecule has 1 unspecified atom stereocenters. The number of carboxylic acid groups (broad SMARTS) is 1. The molecule has 0 saturated carbocycles. The minimum Gasteiger partial charge on any atom is -0.481 e. The van der Waals surface area contributed by atoms with Gasteiger partial charge in [0.2, 0.25) is 0 Å². The standard InChI is InChI=1S/C6H12O2.C3H6/c1-3-4-5(2)6(7)8;1-3-2/h5H,3-4H2,1-2H3,(H,7,8);3H,1H2,2H3. The predicted octanol–water partition coefficient (Wildman–Crippen LogP) is 2.70. The van der Waals surface area contributed by atoms with E-state index in [0.717, 1.165) is 12.8 Å². The van der Waals surface area contributed by atoms with Crippen LogP contribution >= 0.6 is 0 Å². The Morgan fingerprint density at radius 3 is 2.18 bits per heavy atom. The first-order valence-corrected chi connectivity index (χ1v) is 3.89. The Balaban J connectivity index is 0. The number of carbonyl (C=O) groups is 1. The average Bonchev–Trinajstić information content (AvgIpc) is 1.90. The highest BCUT2D eigenvalue weighted by molar-refractivity contribution is 5.69. The Hall–Kier alpha value is -0.790. The number of allylic oxidation sites excluding steroid dienone is 1. The van der Waals surface area contributed by atoms with Crippen LogP contribution in [0.1, 0.15) is 33.6 Å². The minimum atomic E-state index is -0.688. The van der Waals surface area contributed by atoms with Crippen molar-refractivity contribution in [2.45, 2.75) is 33.6 Å². The van der Waals surface area contributed by atoms with Crippen LogP contribution in [0.25, 0.3) is 0 Å². The molecule has 0 radical (unpaired) electrons. The molecule has 0 aliphatic heterocycles. The van der Waals surface area contributed by atoms with E-state index in [0.29, 0.717) is 0 Å². The van der Waals surface area contributed by atoms with E-state index in [9.17, 15) is 4.79 Å². The van der Waals surface area contributed by atoms with Crippen molar-refractivity contribution in [3.8, 4) is 0 Å². The number of hydrogen-bond donors (Lipinski definition) is 1.